The highest BCUT2D eigenvalue weighted by atomic mass is 15.1. The van der Waals surface area contributed by atoms with Crippen LogP contribution in [-0.4, -0.2) is 30.1 Å². The number of nitrogens with zero attached hydrogens (tertiary/aromatic N) is 3. The largest absolute Gasteiger partial charge is 0.374 e. The summed E-state index contributed by atoms with van der Waals surface area (Å²) in [5, 5.41) is 3.38. The first kappa shape index (κ1) is 15.4. The Balaban J connectivity index is 2.06. The second-order valence-corrected chi connectivity index (χ2v) is 5.26. The van der Waals surface area contributed by atoms with Gasteiger partial charge in [0.2, 0.25) is 0 Å². The molecule has 4 heteroatoms. The third kappa shape index (κ3) is 4.53. The lowest BCUT2D eigenvalue weighted by atomic mass is 10.1. The quantitative estimate of drug-likeness (QED) is 0.848. The molecule has 0 unspecified atom stereocenters. The van der Waals surface area contributed by atoms with E-state index in [4.69, 9.17) is 0 Å². The molecule has 1 N–H and O–H groups in total. The molecule has 21 heavy (non-hydrogen) atoms. The molecule has 0 radical (unpaired) electrons. The summed E-state index contributed by atoms with van der Waals surface area (Å²) in [5.41, 5.74) is 4.88. The molecular formula is C17H24N4. The number of aryl methyl sites for hydroxylation is 1. The molecule has 2 aromatic rings. The number of hydrogen-bond donors (Lipinski definition) is 1. The maximum absolute atomic E-state index is 4.42. The van der Waals surface area contributed by atoms with Gasteiger partial charge < -0.3 is 10.2 Å². The van der Waals surface area contributed by atoms with Crippen LogP contribution in [0.15, 0.2) is 36.8 Å². The molecule has 0 spiro atoms. The van der Waals surface area contributed by atoms with Gasteiger partial charge in [0.15, 0.2) is 0 Å². The van der Waals surface area contributed by atoms with E-state index in [1.165, 1.54) is 16.8 Å². The molecule has 2 aromatic heterocycles. The number of aromatic nitrogens is 2. The molecule has 2 rings (SSSR count). The molecule has 2 heterocycles. The van der Waals surface area contributed by atoms with Crippen molar-refractivity contribution in [1.29, 1.82) is 0 Å². The highest BCUT2D eigenvalue weighted by Gasteiger charge is 2.08. The second kappa shape index (κ2) is 7.74. The van der Waals surface area contributed by atoms with Gasteiger partial charge in [-0.1, -0.05) is 6.92 Å². The Hall–Kier alpha value is -1.94. The highest BCUT2D eigenvalue weighted by Crippen LogP contribution is 2.20. The summed E-state index contributed by atoms with van der Waals surface area (Å²) in [6.07, 6.45) is 6.70. The fraction of sp³-hybridized carbons (Fsp3) is 0.412. The summed E-state index contributed by atoms with van der Waals surface area (Å²) in [6, 6.07) is 6.32. The third-order valence-electron chi connectivity index (χ3n) is 3.56. The van der Waals surface area contributed by atoms with Gasteiger partial charge in [0, 0.05) is 55.7 Å². The molecule has 112 valence electrons. The lowest BCUT2D eigenvalue weighted by molar-refractivity contribution is 0.719. The monoisotopic (exact) mass is 284 g/mol. The Morgan fingerprint density at radius 3 is 2.71 bits per heavy atom. The van der Waals surface area contributed by atoms with E-state index in [-0.39, 0.29) is 0 Å². The molecule has 0 saturated heterocycles. The first-order valence-electron chi connectivity index (χ1n) is 7.47. The zero-order valence-corrected chi connectivity index (χ0v) is 13.1. The fourth-order valence-corrected chi connectivity index (χ4v) is 2.29. The molecule has 0 saturated carbocycles. The van der Waals surface area contributed by atoms with Crippen LogP contribution in [-0.2, 0) is 13.0 Å². The van der Waals surface area contributed by atoms with Crippen molar-refractivity contribution in [3.63, 3.8) is 0 Å². The standard InChI is InChI=1S/C17H24N4/c1-4-18-12-16-13-20-14(2)11-17(16)21(3)10-7-15-5-8-19-9-6-15/h5-6,8-9,11,13,18H,4,7,10,12H2,1-3H3. The minimum absolute atomic E-state index is 0.860. The maximum Gasteiger partial charge on any atom is 0.0443 e. The van der Waals surface area contributed by atoms with Crippen molar-refractivity contribution < 1.29 is 0 Å². The van der Waals surface area contributed by atoms with Crippen LogP contribution in [0.3, 0.4) is 0 Å². The van der Waals surface area contributed by atoms with Crippen LogP contribution >= 0.6 is 0 Å². The average molecular weight is 284 g/mol. The highest BCUT2D eigenvalue weighted by molar-refractivity contribution is 5.53. The molecule has 0 aromatic carbocycles. The van der Waals surface area contributed by atoms with Crippen LogP contribution in [0.5, 0.6) is 0 Å². The van der Waals surface area contributed by atoms with E-state index in [1.807, 2.05) is 25.5 Å². The van der Waals surface area contributed by atoms with Crippen LogP contribution < -0.4 is 10.2 Å². The minimum atomic E-state index is 0.860. The van der Waals surface area contributed by atoms with Crippen molar-refractivity contribution in [2.24, 2.45) is 0 Å². The topological polar surface area (TPSA) is 41.1 Å². The van der Waals surface area contributed by atoms with Gasteiger partial charge in [-0.3, -0.25) is 9.97 Å². The Bertz CT molecular complexity index is 554. The number of rotatable bonds is 7. The van der Waals surface area contributed by atoms with Crippen LogP contribution in [0.2, 0.25) is 0 Å². The van der Waals surface area contributed by atoms with Gasteiger partial charge in [-0.2, -0.15) is 0 Å². The summed E-state index contributed by atoms with van der Waals surface area (Å²) in [5.74, 6) is 0. The smallest absolute Gasteiger partial charge is 0.0443 e. The van der Waals surface area contributed by atoms with E-state index in [9.17, 15) is 0 Å². The van der Waals surface area contributed by atoms with E-state index in [2.05, 4.69) is 52.4 Å². The van der Waals surface area contributed by atoms with Crippen molar-refractivity contribution in [2.45, 2.75) is 26.8 Å². The van der Waals surface area contributed by atoms with Crippen LogP contribution in [0.4, 0.5) is 5.69 Å². The van der Waals surface area contributed by atoms with Gasteiger partial charge in [0.1, 0.15) is 0 Å². The van der Waals surface area contributed by atoms with Gasteiger partial charge in [0.05, 0.1) is 0 Å². The van der Waals surface area contributed by atoms with Crippen molar-refractivity contribution >= 4 is 5.69 Å². The van der Waals surface area contributed by atoms with Crippen LogP contribution in [0.25, 0.3) is 0 Å². The Morgan fingerprint density at radius 2 is 2.00 bits per heavy atom. The number of likely N-dealkylation sites (N-methyl/N-ethyl adjacent to an activating group) is 1. The predicted octanol–water partition coefficient (Wildman–Crippen LogP) is 2.57. The predicted molar refractivity (Wildman–Crippen MR) is 87.6 cm³/mol. The zero-order valence-electron chi connectivity index (χ0n) is 13.1. The summed E-state index contributed by atoms with van der Waals surface area (Å²) in [4.78, 5) is 10.8. The Labute approximate surface area is 127 Å². The molecule has 0 amide bonds. The van der Waals surface area contributed by atoms with Gasteiger partial charge in [-0.05, 0) is 43.7 Å². The number of hydrogen-bond acceptors (Lipinski definition) is 4. The van der Waals surface area contributed by atoms with Gasteiger partial charge in [-0.25, -0.2) is 0 Å². The summed E-state index contributed by atoms with van der Waals surface area (Å²) in [7, 11) is 2.14. The van der Waals surface area contributed by atoms with Crippen LogP contribution in [0.1, 0.15) is 23.7 Å². The van der Waals surface area contributed by atoms with Crippen molar-refractivity contribution in [2.75, 3.05) is 25.0 Å². The molecule has 0 bridgehead atoms. The molecule has 0 aliphatic rings. The normalized spacial score (nSPS) is 10.6. The Kier molecular flexibility index (Phi) is 5.69. The lowest BCUT2D eigenvalue weighted by Gasteiger charge is -2.23. The fourth-order valence-electron chi connectivity index (χ4n) is 2.29. The zero-order chi connectivity index (χ0) is 15.1. The summed E-state index contributed by atoms with van der Waals surface area (Å²) in [6.45, 7) is 6.96. The first-order valence-corrected chi connectivity index (χ1v) is 7.47. The van der Waals surface area contributed by atoms with E-state index < -0.39 is 0 Å². The van der Waals surface area contributed by atoms with E-state index in [1.54, 1.807) is 0 Å². The van der Waals surface area contributed by atoms with Gasteiger partial charge in [-0.15, -0.1) is 0 Å². The number of nitrogens with one attached hydrogen (secondary N) is 1. The molecule has 0 aliphatic heterocycles. The second-order valence-electron chi connectivity index (χ2n) is 5.26. The van der Waals surface area contributed by atoms with Gasteiger partial charge in [0.25, 0.3) is 0 Å². The first-order chi connectivity index (χ1) is 10.2. The van der Waals surface area contributed by atoms with Crippen LogP contribution in [0, 0.1) is 6.92 Å². The van der Waals surface area contributed by atoms with Crippen molar-refractivity contribution in [1.82, 2.24) is 15.3 Å². The molecule has 0 aliphatic carbocycles. The van der Waals surface area contributed by atoms with Crippen molar-refractivity contribution in [3.05, 3.63) is 53.6 Å². The molecule has 0 fully saturated rings. The minimum Gasteiger partial charge on any atom is -0.374 e. The molecular weight excluding hydrogens is 260 g/mol. The lowest BCUT2D eigenvalue weighted by Crippen LogP contribution is -2.23. The van der Waals surface area contributed by atoms with E-state index in [0.29, 0.717) is 0 Å². The van der Waals surface area contributed by atoms with Crippen molar-refractivity contribution in [3.8, 4) is 0 Å². The van der Waals surface area contributed by atoms with E-state index >= 15 is 0 Å². The average Bonchev–Trinajstić information content (AvgIpc) is 2.52. The summed E-state index contributed by atoms with van der Waals surface area (Å²) < 4.78 is 0. The van der Waals surface area contributed by atoms with Gasteiger partial charge >= 0.3 is 0 Å². The SMILES string of the molecule is CCNCc1cnc(C)cc1N(C)CCc1ccncc1. The number of anilines is 1. The summed E-state index contributed by atoms with van der Waals surface area (Å²) >= 11 is 0. The third-order valence-corrected chi connectivity index (χ3v) is 3.56. The molecule has 0 atom stereocenters. The maximum atomic E-state index is 4.42. The number of pyridine rings is 2. The Morgan fingerprint density at radius 1 is 1.24 bits per heavy atom. The molecule has 4 nitrogen and oxygen atoms in total. The van der Waals surface area contributed by atoms with E-state index in [0.717, 1.165) is 31.7 Å².